The van der Waals surface area contributed by atoms with Gasteiger partial charge < -0.3 is 10.3 Å². The second-order valence-electron chi connectivity index (χ2n) is 4.88. The summed E-state index contributed by atoms with van der Waals surface area (Å²) in [7, 11) is 0. The van der Waals surface area contributed by atoms with Crippen molar-refractivity contribution in [3.8, 4) is 0 Å². The van der Waals surface area contributed by atoms with Crippen LogP contribution in [0.5, 0.6) is 0 Å². The maximum atomic E-state index is 5.99. The van der Waals surface area contributed by atoms with Crippen molar-refractivity contribution in [1.82, 2.24) is 10.1 Å². The number of rotatable bonds is 3. The van der Waals surface area contributed by atoms with Crippen LogP contribution in [0.2, 0.25) is 0 Å². The van der Waals surface area contributed by atoms with Crippen molar-refractivity contribution >= 4 is 0 Å². The number of nitrogens with two attached hydrogens (primary N) is 1. The van der Waals surface area contributed by atoms with E-state index >= 15 is 0 Å². The first-order valence-electron chi connectivity index (χ1n) is 5.29. The maximum absolute atomic E-state index is 5.99. The molecule has 1 aromatic heterocycles. The zero-order valence-corrected chi connectivity index (χ0v) is 8.36. The Labute approximate surface area is 82.9 Å². The van der Waals surface area contributed by atoms with Crippen LogP contribution in [0.1, 0.15) is 50.4 Å². The maximum Gasteiger partial charge on any atom is 0.232 e. The lowest BCUT2D eigenvalue weighted by molar-refractivity contribution is 0.345. The first-order valence-corrected chi connectivity index (χ1v) is 5.29. The van der Waals surface area contributed by atoms with Crippen LogP contribution in [0, 0.1) is 5.92 Å². The van der Waals surface area contributed by atoms with Crippen LogP contribution >= 0.6 is 0 Å². The zero-order valence-electron chi connectivity index (χ0n) is 8.36. The van der Waals surface area contributed by atoms with E-state index in [1.54, 1.807) is 0 Å². The molecule has 1 heterocycles. The van der Waals surface area contributed by atoms with Gasteiger partial charge in [0.25, 0.3) is 0 Å². The summed E-state index contributed by atoms with van der Waals surface area (Å²) < 4.78 is 5.25. The molecule has 4 heteroatoms. The van der Waals surface area contributed by atoms with Crippen molar-refractivity contribution in [2.75, 3.05) is 0 Å². The summed E-state index contributed by atoms with van der Waals surface area (Å²) in [4.78, 5) is 4.40. The van der Waals surface area contributed by atoms with Crippen molar-refractivity contribution < 1.29 is 4.52 Å². The zero-order chi connectivity index (χ0) is 9.76. The molecule has 0 spiro atoms. The Morgan fingerprint density at radius 1 is 1.50 bits per heavy atom. The molecule has 14 heavy (non-hydrogen) atoms. The van der Waals surface area contributed by atoms with E-state index in [1.165, 1.54) is 12.8 Å². The Morgan fingerprint density at radius 2 is 2.21 bits per heavy atom. The average Bonchev–Trinajstić information content (AvgIpc) is 3.07. The highest BCUT2D eigenvalue weighted by atomic mass is 16.5. The van der Waals surface area contributed by atoms with Gasteiger partial charge in [-0.1, -0.05) is 12.1 Å². The van der Waals surface area contributed by atoms with E-state index in [1.807, 2.05) is 0 Å². The third kappa shape index (κ3) is 1.25. The van der Waals surface area contributed by atoms with Gasteiger partial charge in [0.1, 0.15) is 0 Å². The summed E-state index contributed by atoms with van der Waals surface area (Å²) in [5, 5.41) is 3.97. The molecule has 0 amide bonds. The predicted molar refractivity (Wildman–Crippen MR) is 50.5 cm³/mol. The molecule has 2 fully saturated rings. The molecule has 0 radical (unpaired) electrons. The fraction of sp³-hybridized carbons (Fsp3) is 0.800. The van der Waals surface area contributed by atoms with Crippen LogP contribution in [-0.2, 0) is 5.41 Å². The Morgan fingerprint density at radius 3 is 2.79 bits per heavy atom. The molecule has 4 nitrogen and oxygen atoms in total. The van der Waals surface area contributed by atoms with Crippen LogP contribution in [0.4, 0.5) is 0 Å². The number of hydrogen-bond donors (Lipinski definition) is 1. The van der Waals surface area contributed by atoms with Gasteiger partial charge in [0, 0.05) is 5.41 Å². The normalized spacial score (nSPS) is 26.1. The van der Waals surface area contributed by atoms with E-state index in [-0.39, 0.29) is 11.5 Å². The van der Waals surface area contributed by atoms with Crippen molar-refractivity contribution in [3.05, 3.63) is 11.7 Å². The summed E-state index contributed by atoms with van der Waals surface area (Å²) in [5.41, 5.74) is 6.15. The quantitative estimate of drug-likeness (QED) is 0.790. The second-order valence-corrected chi connectivity index (χ2v) is 4.88. The molecular weight excluding hydrogens is 178 g/mol. The van der Waals surface area contributed by atoms with Crippen molar-refractivity contribution in [2.45, 2.75) is 44.1 Å². The number of nitrogens with zero attached hydrogens (tertiary/aromatic N) is 2. The fourth-order valence-electron chi connectivity index (χ4n) is 1.68. The molecule has 0 bridgehead atoms. The molecule has 0 aliphatic heterocycles. The van der Waals surface area contributed by atoms with Gasteiger partial charge >= 0.3 is 0 Å². The lowest BCUT2D eigenvalue weighted by atomic mass is 10.1. The third-order valence-corrected chi connectivity index (χ3v) is 3.39. The lowest BCUT2D eigenvalue weighted by Crippen LogP contribution is -2.14. The molecule has 2 saturated carbocycles. The highest BCUT2D eigenvalue weighted by molar-refractivity contribution is 5.14. The molecule has 2 N–H and O–H groups in total. The van der Waals surface area contributed by atoms with E-state index in [4.69, 9.17) is 10.3 Å². The highest BCUT2D eigenvalue weighted by Crippen LogP contribution is 2.47. The average molecular weight is 193 g/mol. The van der Waals surface area contributed by atoms with Gasteiger partial charge in [0.2, 0.25) is 5.89 Å². The Hall–Kier alpha value is -0.900. The predicted octanol–water partition coefficient (Wildman–Crippen LogP) is 1.53. The van der Waals surface area contributed by atoms with E-state index < -0.39 is 0 Å². The largest absolute Gasteiger partial charge is 0.339 e. The van der Waals surface area contributed by atoms with Crippen molar-refractivity contribution in [3.63, 3.8) is 0 Å². The minimum absolute atomic E-state index is 0.00477. The SMILES string of the molecule is CC1(c2nc(C(N)C3CC3)no2)CC1. The lowest BCUT2D eigenvalue weighted by Gasteiger charge is -2.02. The highest BCUT2D eigenvalue weighted by Gasteiger charge is 2.45. The molecular formula is C10H15N3O. The van der Waals surface area contributed by atoms with Gasteiger partial charge in [-0.25, -0.2) is 0 Å². The van der Waals surface area contributed by atoms with Crippen LogP contribution < -0.4 is 5.73 Å². The number of aromatic nitrogens is 2. The van der Waals surface area contributed by atoms with Crippen LogP contribution in [0.25, 0.3) is 0 Å². The second kappa shape index (κ2) is 2.57. The van der Waals surface area contributed by atoms with Gasteiger partial charge in [-0.15, -0.1) is 0 Å². The first kappa shape index (κ1) is 8.41. The third-order valence-electron chi connectivity index (χ3n) is 3.39. The van der Waals surface area contributed by atoms with Gasteiger partial charge in [0.15, 0.2) is 5.82 Å². The van der Waals surface area contributed by atoms with Crippen molar-refractivity contribution in [2.24, 2.45) is 11.7 Å². The van der Waals surface area contributed by atoms with Gasteiger partial charge in [-0.05, 0) is 31.6 Å². The Kier molecular flexibility index (Phi) is 1.54. The summed E-state index contributed by atoms with van der Waals surface area (Å²) in [6.45, 7) is 2.16. The molecule has 3 rings (SSSR count). The molecule has 1 unspecified atom stereocenters. The van der Waals surface area contributed by atoms with Gasteiger partial charge in [0.05, 0.1) is 6.04 Å². The van der Waals surface area contributed by atoms with Gasteiger partial charge in [-0.2, -0.15) is 4.98 Å². The minimum Gasteiger partial charge on any atom is -0.339 e. The van der Waals surface area contributed by atoms with E-state index in [9.17, 15) is 0 Å². The minimum atomic E-state index is -0.00477. The van der Waals surface area contributed by atoms with Crippen LogP contribution in [-0.4, -0.2) is 10.1 Å². The topological polar surface area (TPSA) is 64.9 Å². The molecule has 2 aliphatic rings. The fourth-order valence-corrected chi connectivity index (χ4v) is 1.68. The van der Waals surface area contributed by atoms with Crippen LogP contribution in [0.15, 0.2) is 4.52 Å². The van der Waals surface area contributed by atoms with E-state index in [0.29, 0.717) is 11.7 Å². The Bertz CT molecular complexity index is 352. The van der Waals surface area contributed by atoms with Crippen molar-refractivity contribution in [1.29, 1.82) is 0 Å². The smallest absolute Gasteiger partial charge is 0.232 e. The first-order chi connectivity index (χ1) is 6.69. The van der Waals surface area contributed by atoms with Crippen LogP contribution in [0.3, 0.4) is 0 Å². The molecule has 1 aromatic rings. The molecule has 1 atom stereocenters. The molecule has 2 aliphatic carbocycles. The summed E-state index contributed by atoms with van der Waals surface area (Å²) in [6.07, 6.45) is 4.74. The molecule has 0 saturated heterocycles. The monoisotopic (exact) mass is 193 g/mol. The van der Waals surface area contributed by atoms with Gasteiger partial charge in [-0.3, -0.25) is 0 Å². The summed E-state index contributed by atoms with van der Waals surface area (Å²) in [6, 6.07) is -0.00477. The molecule has 0 aromatic carbocycles. The van der Waals surface area contributed by atoms with E-state index in [2.05, 4.69) is 17.1 Å². The number of hydrogen-bond acceptors (Lipinski definition) is 4. The van der Waals surface area contributed by atoms with E-state index in [0.717, 1.165) is 18.7 Å². The Balaban J connectivity index is 1.82. The summed E-state index contributed by atoms with van der Waals surface area (Å²) >= 11 is 0. The standard InChI is InChI=1S/C10H15N3O/c1-10(4-5-10)9-12-8(13-14-9)7(11)6-2-3-6/h6-7H,2-5,11H2,1H3. The summed E-state index contributed by atoms with van der Waals surface area (Å²) in [5.74, 6) is 2.08. The molecule has 76 valence electrons.